The van der Waals surface area contributed by atoms with E-state index in [4.69, 9.17) is 0 Å². The fourth-order valence-electron chi connectivity index (χ4n) is 3.28. The Morgan fingerprint density at radius 2 is 2.00 bits per heavy atom. The molecule has 0 amide bonds. The maximum absolute atomic E-state index is 4.45. The van der Waals surface area contributed by atoms with Crippen LogP contribution < -0.4 is 5.32 Å². The fraction of sp³-hybridized carbons (Fsp3) is 0.278. The predicted molar refractivity (Wildman–Crippen MR) is 86.7 cm³/mol. The lowest BCUT2D eigenvalue weighted by Crippen LogP contribution is -2.27. The van der Waals surface area contributed by atoms with Gasteiger partial charge in [-0.05, 0) is 55.5 Å². The zero-order chi connectivity index (χ0) is 14.2. The Bertz CT molecular complexity index is 788. The van der Waals surface area contributed by atoms with Gasteiger partial charge in [-0.15, -0.1) is 0 Å². The summed E-state index contributed by atoms with van der Waals surface area (Å²) in [5, 5.41) is 3.68. The van der Waals surface area contributed by atoms with Gasteiger partial charge in [-0.25, -0.2) is 4.98 Å². The minimum Gasteiger partial charge on any atom is -0.382 e. The molecule has 3 nitrogen and oxygen atoms in total. The predicted octanol–water partition coefficient (Wildman–Crippen LogP) is 3.84. The fourth-order valence-corrected chi connectivity index (χ4v) is 3.28. The molecule has 3 heteroatoms. The Hall–Kier alpha value is -2.29. The van der Waals surface area contributed by atoms with Crippen LogP contribution in [0.15, 0.2) is 42.5 Å². The molecule has 2 N–H and O–H groups in total. The van der Waals surface area contributed by atoms with E-state index in [9.17, 15) is 0 Å². The first-order valence-corrected chi connectivity index (χ1v) is 7.57. The largest absolute Gasteiger partial charge is 0.382 e. The lowest BCUT2D eigenvalue weighted by molar-refractivity contribution is 0.611. The summed E-state index contributed by atoms with van der Waals surface area (Å²) in [4.78, 5) is 7.75. The van der Waals surface area contributed by atoms with E-state index in [1.165, 1.54) is 29.7 Å². The first-order chi connectivity index (χ1) is 10.3. The van der Waals surface area contributed by atoms with Crippen molar-refractivity contribution in [1.29, 1.82) is 0 Å². The van der Waals surface area contributed by atoms with Gasteiger partial charge in [0, 0.05) is 11.7 Å². The third-order valence-electron chi connectivity index (χ3n) is 4.32. The van der Waals surface area contributed by atoms with Crippen molar-refractivity contribution in [3.8, 4) is 0 Å². The molecule has 4 rings (SSSR count). The van der Waals surface area contributed by atoms with Crippen LogP contribution in [0.3, 0.4) is 0 Å². The Kier molecular flexibility index (Phi) is 2.92. The second-order valence-corrected chi connectivity index (χ2v) is 5.91. The first kappa shape index (κ1) is 12.5. The number of imidazole rings is 1. The van der Waals surface area contributed by atoms with Crippen LogP contribution in [0.2, 0.25) is 0 Å². The highest BCUT2D eigenvalue weighted by molar-refractivity contribution is 5.79. The van der Waals surface area contributed by atoms with Crippen molar-refractivity contribution in [3.63, 3.8) is 0 Å². The van der Waals surface area contributed by atoms with E-state index >= 15 is 0 Å². The van der Waals surface area contributed by atoms with Crippen LogP contribution in [-0.2, 0) is 12.8 Å². The maximum Gasteiger partial charge on any atom is 0.104 e. The van der Waals surface area contributed by atoms with E-state index in [1.807, 2.05) is 6.92 Å². The van der Waals surface area contributed by atoms with Gasteiger partial charge in [0.25, 0.3) is 0 Å². The van der Waals surface area contributed by atoms with Gasteiger partial charge in [0.05, 0.1) is 11.0 Å². The standard InChI is InChI=1S/C18H19N3/c1-12-19-17-9-8-16(11-18(17)20-12)21-15-7-6-13-4-2-3-5-14(13)10-15/h2-5,8-9,11,15,21H,6-7,10H2,1H3,(H,19,20). The summed E-state index contributed by atoms with van der Waals surface area (Å²) in [5.41, 5.74) is 6.31. The molecule has 1 atom stereocenters. The van der Waals surface area contributed by atoms with Gasteiger partial charge in [-0.1, -0.05) is 24.3 Å². The van der Waals surface area contributed by atoms with Gasteiger partial charge in [0.2, 0.25) is 0 Å². The van der Waals surface area contributed by atoms with Crippen LogP contribution >= 0.6 is 0 Å². The number of fused-ring (bicyclic) bond motifs is 2. The number of anilines is 1. The number of rotatable bonds is 2. The molecule has 1 aliphatic rings. The van der Waals surface area contributed by atoms with Gasteiger partial charge in [-0.3, -0.25) is 0 Å². The van der Waals surface area contributed by atoms with E-state index in [0.717, 1.165) is 23.3 Å². The summed E-state index contributed by atoms with van der Waals surface area (Å²) < 4.78 is 0. The molecule has 0 fully saturated rings. The average molecular weight is 277 g/mol. The SMILES string of the molecule is Cc1nc2ccc(NC3CCc4ccccc4C3)cc2[nH]1. The second kappa shape index (κ2) is 4.92. The van der Waals surface area contributed by atoms with Crippen LogP contribution in [0.4, 0.5) is 5.69 Å². The van der Waals surface area contributed by atoms with Gasteiger partial charge >= 0.3 is 0 Å². The number of aryl methyl sites for hydroxylation is 2. The van der Waals surface area contributed by atoms with Gasteiger partial charge in [0.15, 0.2) is 0 Å². The Morgan fingerprint density at radius 1 is 1.14 bits per heavy atom. The topological polar surface area (TPSA) is 40.7 Å². The maximum atomic E-state index is 4.45. The third kappa shape index (κ3) is 2.40. The molecular formula is C18H19N3. The molecule has 21 heavy (non-hydrogen) atoms. The molecular weight excluding hydrogens is 258 g/mol. The molecule has 0 bridgehead atoms. The lowest BCUT2D eigenvalue weighted by atomic mass is 9.88. The molecule has 2 aromatic carbocycles. The Balaban J connectivity index is 1.55. The zero-order valence-corrected chi connectivity index (χ0v) is 12.2. The highest BCUT2D eigenvalue weighted by Crippen LogP contribution is 2.25. The number of aromatic amines is 1. The summed E-state index contributed by atoms with van der Waals surface area (Å²) in [6, 6.07) is 15.7. The van der Waals surface area contributed by atoms with Crippen molar-refractivity contribution in [2.24, 2.45) is 0 Å². The summed E-state index contributed by atoms with van der Waals surface area (Å²) in [6.07, 6.45) is 3.46. The second-order valence-electron chi connectivity index (χ2n) is 5.91. The monoisotopic (exact) mass is 277 g/mol. The van der Waals surface area contributed by atoms with Crippen molar-refractivity contribution in [3.05, 3.63) is 59.4 Å². The molecule has 1 aliphatic carbocycles. The molecule has 106 valence electrons. The van der Waals surface area contributed by atoms with Crippen LogP contribution in [-0.4, -0.2) is 16.0 Å². The smallest absolute Gasteiger partial charge is 0.104 e. The summed E-state index contributed by atoms with van der Waals surface area (Å²) >= 11 is 0. The lowest BCUT2D eigenvalue weighted by Gasteiger charge is -2.26. The molecule has 1 aromatic heterocycles. The van der Waals surface area contributed by atoms with E-state index in [2.05, 4.69) is 57.7 Å². The number of hydrogen-bond donors (Lipinski definition) is 2. The molecule has 0 saturated heterocycles. The van der Waals surface area contributed by atoms with Gasteiger partial charge in [-0.2, -0.15) is 0 Å². The Morgan fingerprint density at radius 3 is 2.90 bits per heavy atom. The van der Waals surface area contributed by atoms with Crippen molar-refractivity contribution in [1.82, 2.24) is 9.97 Å². The quantitative estimate of drug-likeness (QED) is 0.747. The van der Waals surface area contributed by atoms with Crippen LogP contribution in [0.5, 0.6) is 0 Å². The van der Waals surface area contributed by atoms with Gasteiger partial charge in [0.1, 0.15) is 5.82 Å². The molecule has 0 spiro atoms. The molecule has 0 aliphatic heterocycles. The van der Waals surface area contributed by atoms with E-state index in [-0.39, 0.29) is 0 Å². The Labute approximate surface area is 124 Å². The number of aromatic nitrogens is 2. The molecule has 3 aromatic rings. The average Bonchev–Trinajstić information content (AvgIpc) is 2.86. The highest BCUT2D eigenvalue weighted by Gasteiger charge is 2.18. The summed E-state index contributed by atoms with van der Waals surface area (Å²) in [5.74, 6) is 0.966. The normalized spacial score (nSPS) is 17.7. The van der Waals surface area contributed by atoms with E-state index in [1.54, 1.807) is 0 Å². The zero-order valence-electron chi connectivity index (χ0n) is 12.2. The van der Waals surface area contributed by atoms with Crippen LogP contribution in [0, 0.1) is 6.92 Å². The third-order valence-corrected chi connectivity index (χ3v) is 4.32. The van der Waals surface area contributed by atoms with Crippen molar-refractivity contribution in [2.45, 2.75) is 32.2 Å². The van der Waals surface area contributed by atoms with Crippen LogP contribution in [0.25, 0.3) is 11.0 Å². The molecule has 1 heterocycles. The number of benzene rings is 2. The molecule has 0 saturated carbocycles. The number of H-pyrrole nitrogens is 1. The number of hydrogen-bond acceptors (Lipinski definition) is 2. The molecule has 1 unspecified atom stereocenters. The van der Waals surface area contributed by atoms with Crippen LogP contribution in [0.1, 0.15) is 23.4 Å². The summed E-state index contributed by atoms with van der Waals surface area (Å²) in [6.45, 7) is 1.99. The van der Waals surface area contributed by atoms with Gasteiger partial charge < -0.3 is 10.3 Å². The minimum atomic E-state index is 0.515. The van der Waals surface area contributed by atoms with Crippen molar-refractivity contribution in [2.75, 3.05) is 5.32 Å². The summed E-state index contributed by atoms with van der Waals surface area (Å²) in [7, 11) is 0. The van der Waals surface area contributed by atoms with Crippen molar-refractivity contribution >= 4 is 16.7 Å². The first-order valence-electron chi connectivity index (χ1n) is 7.57. The highest BCUT2D eigenvalue weighted by atomic mass is 14.9. The minimum absolute atomic E-state index is 0.515. The number of nitrogens with one attached hydrogen (secondary N) is 2. The van der Waals surface area contributed by atoms with E-state index in [0.29, 0.717) is 6.04 Å². The van der Waals surface area contributed by atoms with Crippen molar-refractivity contribution < 1.29 is 0 Å². The molecule has 0 radical (unpaired) electrons. The van der Waals surface area contributed by atoms with E-state index < -0.39 is 0 Å². The number of nitrogens with zero attached hydrogens (tertiary/aromatic N) is 1.